The molecule has 0 aliphatic carbocycles. The van der Waals surface area contributed by atoms with Gasteiger partial charge < -0.3 is 4.74 Å². The fourth-order valence-corrected chi connectivity index (χ4v) is 1.47. The normalized spacial score (nSPS) is 10.1. The number of ether oxygens (including phenoxy) is 1. The van der Waals surface area contributed by atoms with Gasteiger partial charge in [0.15, 0.2) is 0 Å². The quantitative estimate of drug-likeness (QED) is 0.741. The van der Waals surface area contributed by atoms with E-state index < -0.39 is 0 Å². The molecule has 2 aromatic rings. The number of rotatable bonds is 5. The second kappa shape index (κ2) is 5.84. The van der Waals surface area contributed by atoms with Crippen LogP contribution in [0.1, 0.15) is 17.6 Å². The minimum absolute atomic E-state index is 0.0409. The van der Waals surface area contributed by atoms with Gasteiger partial charge in [-0.05, 0) is 18.6 Å². The maximum Gasteiger partial charge on any atom is 0.231 e. The third-order valence-electron chi connectivity index (χ3n) is 2.34. The molecule has 0 unspecified atom stereocenters. The fourth-order valence-electron chi connectivity index (χ4n) is 1.47. The Kier molecular flexibility index (Phi) is 3.91. The average Bonchev–Trinajstić information content (AvgIpc) is 2.89. The van der Waals surface area contributed by atoms with Crippen LogP contribution < -0.4 is 4.74 Å². The number of para-hydroxylation sites is 1. The van der Waals surface area contributed by atoms with E-state index in [0.717, 1.165) is 5.75 Å². The number of carbonyl (C=O) groups excluding carboxylic acids is 1. The van der Waals surface area contributed by atoms with Crippen LogP contribution in [0.5, 0.6) is 5.75 Å². The van der Waals surface area contributed by atoms with Crippen molar-refractivity contribution in [1.29, 1.82) is 0 Å². The van der Waals surface area contributed by atoms with E-state index in [1.165, 1.54) is 10.9 Å². The van der Waals surface area contributed by atoms with Gasteiger partial charge >= 0.3 is 0 Å². The predicted molar refractivity (Wildman–Crippen MR) is 64.0 cm³/mol. The molecule has 0 aliphatic rings. The van der Waals surface area contributed by atoms with E-state index in [-0.39, 0.29) is 5.91 Å². The first kappa shape index (κ1) is 11.4. The minimum atomic E-state index is 0.0409. The molecule has 0 spiro atoms. The Balaban J connectivity index is 1.69. The number of benzene rings is 1. The molecule has 0 saturated heterocycles. The van der Waals surface area contributed by atoms with E-state index in [1.54, 1.807) is 12.4 Å². The van der Waals surface area contributed by atoms with Gasteiger partial charge in [0.25, 0.3) is 0 Å². The maximum absolute atomic E-state index is 11.6. The van der Waals surface area contributed by atoms with E-state index in [0.29, 0.717) is 19.4 Å². The molecule has 0 aliphatic heterocycles. The summed E-state index contributed by atoms with van der Waals surface area (Å²) in [6, 6.07) is 9.59. The summed E-state index contributed by atoms with van der Waals surface area (Å²) in [6.45, 7) is 0.546. The zero-order valence-electron chi connectivity index (χ0n) is 9.45. The lowest BCUT2D eigenvalue weighted by atomic mass is 10.3. The lowest BCUT2D eigenvalue weighted by Gasteiger charge is -2.05. The first-order valence-corrected chi connectivity index (χ1v) is 5.55. The van der Waals surface area contributed by atoms with E-state index in [4.69, 9.17) is 4.74 Å². The first-order valence-electron chi connectivity index (χ1n) is 5.55. The Morgan fingerprint density at radius 1 is 1.29 bits per heavy atom. The molecule has 0 amide bonds. The monoisotopic (exact) mass is 230 g/mol. The highest BCUT2D eigenvalue weighted by atomic mass is 16.5. The summed E-state index contributed by atoms with van der Waals surface area (Å²) < 4.78 is 6.99. The smallest absolute Gasteiger partial charge is 0.231 e. The van der Waals surface area contributed by atoms with Crippen molar-refractivity contribution in [3.63, 3.8) is 0 Å². The van der Waals surface area contributed by atoms with Crippen molar-refractivity contribution in [2.24, 2.45) is 0 Å². The number of imidazole rings is 1. The van der Waals surface area contributed by atoms with Gasteiger partial charge in [-0.15, -0.1) is 0 Å². The van der Waals surface area contributed by atoms with E-state index in [9.17, 15) is 4.79 Å². The molecule has 0 radical (unpaired) electrons. The van der Waals surface area contributed by atoms with Crippen molar-refractivity contribution in [1.82, 2.24) is 9.55 Å². The van der Waals surface area contributed by atoms with Gasteiger partial charge in [-0.3, -0.25) is 9.36 Å². The summed E-state index contributed by atoms with van der Waals surface area (Å²) in [5.74, 6) is 0.877. The Labute approximate surface area is 99.9 Å². The van der Waals surface area contributed by atoms with Gasteiger partial charge in [0, 0.05) is 18.8 Å². The second-order valence-corrected chi connectivity index (χ2v) is 3.63. The fraction of sp³-hybridized carbons (Fsp3) is 0.231. The van der Waals surface area contributed by atoms with Crippen LogP contribution in [0.3, 0.4) is 0 Å². The molecule has 0 bridgehead atoms. The van der Waals surface area contributed by atoms with Crippen molar-refractivity contribution in [3.05, 3.63) is 49.1 Å². The Hall–Kier alpha value is -2.10. The topological polar surface area (TPSA) is 44.1 Å². The molecule has 1 heterocycles. The number of carbonyl (C=O) groups is 1. The number of hydrogen-bond donors (Lipinski definition) is 0. The molecule has 17 heavy (non-hydrogen) atoms. The van der Waals surface area contributed by atoms with Crippen LogP contribution in [0, 0.1) is 0 Å². The van der Waals surface area contributed by atoms with Crippen LogP contribution in [-0.2, 0) is 0 Å². The minimum Gasteiger partial charge on any atom is -0.494 e. The van der Waals surface area contributed by atoms with E-state index in [1.807, 2.05) is 30.3 Å². The Bertz CT molecular complexity index is 452. The Morgan fingerprint density at radius 3 is 2.82 bits per heavy atom. The van der Waals surface area contributed by atoms with Gasteiger partial charge in [-0.25, -0.2) is 4.98 Å². The van der Waals surface area contributed by atoms with Crippen LogP contribution in [0.4, 0.5) is 0 Å². The summed E-state index contributed by atoms with van der Waals surface area (Å²) in [5.41, 5.74) is 0. The van der Waals surface area contributed by atoms with Crippen molar-refractivity contribution in [2.75, 3.05) is 6.61 Å². The van der Waals surface area contributed by atoms with E-state index in [2.05, 4.69) is 4.98 Å². The summed E-state index contributed by atoms with van der Waals surface area (Å²) in [7, 11) is 0. The highest BCUT2D eigenvalue weighted by Crippen LogP contribution is 2.09. The van der Waals surface area contributed by atoms with Crippen LogP contribution in [-0.4, -0.2) is 22.1 Å². The van der Waals surface area contributed by atoms with Gasteiger partial charge in [-0.2, -0.15) is 0 Å². The number of nitrogens with zero attached hydrogens (tertiary/aromatic N) is 2. The van der Waals surface area contributed by atoms with E-state index >= 15 is 0 Å². The molecule has 1 aromatic heterocycles. The molecule has 2 rings (SSSR count). The third-order valence-corrected chi connectivity index (χ3v) is 2.34. The van der Waals surface area contributed by atoms with Crippen LogP contribution >= 0.6 is 0 Å². The molecule has 0 saturated carbocycles. The summed E-state index contributed by atoms with van der Waals surface area (Å²) in [4.78, 5) is 15.4. The molecule has 0 atom stereocenters. The largest absolute Gasteiger partial charge is 0.494 e. The van der Waals surface area contributed by atoms with Gasteiger partial charge in [0.2, 0.25) is 5.91 Å². The van der Waals surface area contributed by atoms with Gasteiger partial charge in [0.05, 0.1) is 6.61 Å². The van der Waals surface area contributed by atoms with Crippen molar-refractivity contribution in [3.8, 4) is 5.75 Å². The zero-order valence-corrected chi connectivity index (χ0v) is 9.45. The molecular weight excluding hydrogens is 216 g/mol. The highest BCUT2D eigenvalue weighted by Gasteiger charge is 2.03. The Morgan fingerprint density at radius 2 is 2.12 bits per heavy atom. The lowest BCUT2D eigenvalue weighted by Crippen LogP contribution is -2.09. The standard InChI is InChI=1S/C13H14N2O2/c16-13(15-9-8-14-11-15)7-4-10-17-12-5-2-1-3-6-12/h1-3,5-6,8-9,11H,4,7,10H2. The summed E-state index contributed by atoms with van der Waals surface area (Å²) in [6.07, 6.45) is 5.92. The van der Waals surface area contributed by atoms with Gasteiger partial charge in [-0.1, -0.05) is 18.2 Å². The highest BCUT2D eigenvalue weighted by molar-refractivity contribution is 5.78. The third kappa shape index (κ3) is 3.45. The second-order valence-electron chi connectivity index (χ2n) is 3.63. The lowest BCUT2D eigenvalue weighted by molar-refractivity contribution is 0.0893. The van der Waals surface area contributed by atoms with Crippen LogP contribution in [0.2, 0.25) is 0 Å². The summed E-state index contributed by atoms with van der Waals surface area (Å²) >= 11 is 0. The van der Waals surface area contributed by atoms with Gasteiger partial charge in [0.1, 0.15) is 12.1 Å². The molecule has 4 heteroatoms. The average molecular weight is 230 g/mol. The predicted octanol–water partition coefficient (Wildman–Crippen LogP) is 2.38. The number of aromatic nitrogens is 2. The van der Waals surface area contributed by atoms with Crippen LogP contribution in [0.15, 0.2) is 49.1 Å². The van der Waals surface area contributed by atoms with Crippen LogP contribution in [0.25, 0.3) is 0 Å². The molecular formula is C13H14N2O2. The molecule has 4 nitrogen and oxygen atoms in total. The maximum atomic E-state index is 11.6. The summed E-state index contributed by atoms with van der Waals surface area (Å²) in [5, 5.41) is 0. The molecule has 0 fully saturated rings. The SMILES string of the molecule is O=C(CCCOc1ccccc1)n1ccnc1. The molecule has 1 aromatic carbocycles. The molecule has 88 valence electrons. The van der Waals surface area contributed by atoms with Crippen molar-refractivity contribution < 1.29 is 9.53 Å². The number of hydrogen-bond acceptors (Lipinski definition) is 3. The zero-order chi connectivity index (χ0) is 11.9. The van der Waals surface area contributed by atoms with Crippen molar-refractivity contribution in [2.45, 2.75) is 12.8 Å². The van der Waals surface area contributed by atoms with Crippen molar-refractivity contribution >= 4 is 5.91 Å². The first-order chi connectivity index (χ1) is 8.36. The molecule has 0 N–H and O–H groups in total.